The molecule has 2 N–H and O–H groups in total. The highest BCUT2D eigenvalue weighted by atomic mass is 15.2. The van der Waals surface area contributed by atoms with Crippen LogP contribution in [0, 0.1) is 6.92 Å². The number of anilines is 2. The van der Waals surface area contributed by atoms with Crippen molar-refractivity contribution in [1.29, 1.82) is 0 Å². The van der Waals surface area contributed by atoms with Gasteiger partial charge in [-0.25, -0.2) is 4.98 Å². The molecule has 4 heteroatoms. The summed E-state index contributed by atoms with van der Waals surface area (Å²) in [6, 6.07) is 1.98. The molecule has 0 aliphatic rings. The van der Waals surface area contributed by atoms with Crippen LogP contribution in [-0.2, 0) is 0 Å². The molecule has 4 nitrogen and oxygen atoms in total. The normalized spacial score (nSPS) is 10.3. The van der Waals surface area contributed by atoms with E-state index in [0.29, 0.717) is 5.95 Å². The average molecular weight is 208 g/mol. The second-order valence-corrected chi connectivity index (χ2v) is 3.66. The van der Waals surface area contributed by atoms with Crippen molar-refractivity contribution in [2.24, 2.45) is 0 Å². The predicted octanol–water partition coefficient (Wildman–Crippen LogP) is 1.99. The SMILES string of the molecule is CCCCN(CC)c1cc(C)nc(N)n1. The van der Waals surface area contributed by atoms with Gasteiger partial charge in [0.2, 0.25) is 5.95 Å². The topological polar surface area (TPSA) is 55.0 Å². The molecule has 0 aromatic carbocycles. The molecule has 15 heavy (non-hydrogen) atoms. The zero-order valence-corrected chi connectivity index (χ0v) is 9.82. The highest BCUT2D eigenvalue weighted by molar-refractivity contribution is 5.42. The van der Waals surface area contributed by atoms with Crippen LogP contribution < -0.4 is 10.6 Å². The van der Waals surface area contributed by atoms with E-state index in [2.05, 4.69) is 28.7 Å². The molecule has 1 aromatic rings. The van der Waals surface area contributed by atoms with E-state index in [1.807, 2.05) is 13.0 Å². The smallest absolute Gasteiger partial charge is 0.222 e. The number of unbranched alkanes of at least 4 members (excludes halogenated alkanes) is 1. The van der Waals surface area contributed by atoms with Crippen LogP contribution in [0.3, 0.4) is 0 Å². The number of nitrogens with zero attached hydrogens (tertiary/aromatic N) is 3. The zero-order chi connectivity index (χ0) is 11.3. The van der Waals surface area contributed by atoms with E-state index < -0.39 is 0 Å². The van der Waals surface area contributed by atoms with Gasteiger partial charge in [-0.1, -0.05) is 13.3 Å². The van der Waals surface area contributed by atoms with Gasteiger partial charge in [0.1, 0.15) is 5.82 Å². The first-order valence-electron chi connectivity index (χ1n) is 5.53. The Balaban J connectivity index is 2.81. The largest absolute Gasteiger partial charge is 0.368 e. The fourth-order valence-electron chi connectivity index (χ4n) is 1.52. The molecule has 1 heterocycles. The molecule has 0 spiro atoms. The summed E-state index contributed by atoms with van der Waals surface area (Å²) in [5.41, 5.74) is 6.56. The molecule has 0 bridgehead atoms. The van der Waals surface area contributed by atoms with Gasteiger partial charge in [-0.15, -0.1) is 0 Å². The molecule has 0 radical (unpaired) electrons. The van der Waals surface area contributed by atoms with E-state index in [-0.39, 0.29) is 0 Å². The Morgan fingerprint density at radius 1 is 1.33 bits per heavy atom. The first-order valence-corrected chi connectivity index (χ1v) is 5.53. The third kappa shape index (κ3) is 3.38. The van der Waals surface area contributed by atoms with E-state index in [9.17, 15) is 0 Å². The number of nitrogen functional groups attached to an aromatic ring is 1. The summed E-state index contributed by atoms with van der Waals surface area (Å²) < 4.78 is 0. The molecular formula is C11H20N4. The van der Waals surface area contributed by atoms with E-state index in [1.165, 1.54) is 12.8 Å². The lowest BCUT2D eigenvalue weighted by Gasteiger charge is -2.21. The lowest BCUT2D eigenvalue weighted by Crippen LogP contribution is -2.25. The van der Waals surface area contributed by atoms with E-state index in [0.717, 1.165) is 24.6 Å². The van der Waals surface area contributed by atoms with E-state index in [1.54, 1.807) is 0 Å². The second-order valence-electron chi connectivity index (χ2n) is 3.66. The van der Waals surface area contributed by atoms with Crippen molar-refractivity contribution in [2.75, 3.05) is 23.7 Å². The van der Waals surface area contributed by atoms with Crippen molar-refractivity contribution in [3.05, 3.63) is 11.8 Å². The summed E-state index contributed by atoms with van der Waals surface area (Å²) in [5.74, 6) is 1.30. The molecule has 0 amide bonds. The van der Waals surface area contributed by atoms with Crippen LogP contribution in [0.1, 0.15) is 32.4 Å². The zero-order valence-electron chi connectivity index (χ0n) is 9.82. The highest BCUT2D eigenvalue weighted by Crippen LogP contribution is 2.13. The van der Waals surface area contributed by atoms with Crippen molar-refractivity contribution in [3.8, 4) is 0 Å². The first kappa shape index (κ1) is 11.8. The molecule has 0 unspecified atom stereocenters. The monoisotopic (exact) mass is 208 g/mol. The molecule has 0 aliphatic carbocycles. The third-order valence-corrected chi connectivity index (χ3v) is 2.35. The molecule has 0 atom stereocenters. The molecule has 0 aliphatic heterocycles. The minimum absolute atomic E-state index is 0.361. The van der Waals surface area contributed by atoms with Gasteiger partial charge in [-0.3, -0.25) is 0 Å². The maximum atomic E-state index is 5.63. The predicted molar refractivity (Wildman–Crippen MR) is 64.0 cm³/mol. The van der Waals surface area contributed by atoms with Gasteiger partial charge >= 0.3 is 0 Å². The van der Waals surface area contributed by atoms with Gasteiger partial charge in [0.05, 0.1) is 0 Å². The van der Waals surface area contributed by atoms with Crippen LogP contribution in [0.25, 0.3) is 0 Å². The third-order valence-electron chi connectivity index (χ3n) is 2.35. The number of aromatic nitrogens is 2. The van der Waals surface area contributed by atoms with Crippen LogP contribution in [0.4, 0.5) is 11.8 Å². The van der Waals surface area contributed by atoms with Gasteiger partial charge in [0.25, 0.3) is 0 Å². The van der Waals surface area contributed by atoms with Crippen molar-refractivity contribution < 1.29 is 0 Å². The van der Waals surface area contributed by atoms with Crippen LogP contribution >= 0.6 is 0 Å². The van der Waals surface area contributed by atoms with Crippen LogP contribution in [0.15, 0.2) is 6.07 Å². The Morgan fingerprint density at radius 2 is 2.07 bits per heavy atom. The maximum Gasteiger partial charge on any atom is 0.222 e. The standard InChI is InChI=1S/C11H20N4/c1-4-6-7-15(5-2)10-8-9(3)13-11(12)14-10/h8H,4-7H2,1-3H3,(H2,12,13,14). The Labute approximate surface area is 91.5 Å². The van der Waals surface area contributed by atoms with Gasteiger partial charge < -0.3 is 10.6 Å². The molecule has 0 fully saturated rings. The fraction of sp³-hybridized carbons (Fsp3) is 0.636. The lowest BCUT2D eigenvalue weighted by molar-refractivity contribution is 0.723. The summed E-state index contributed by atoms with van der Waals surface area (Å²) >= 11 is 0. The summed E-state index contributed by atoms with van der Waals surface area (Å²) in [7, 11) is 0. The van der Waals surface area contributed by atoms with E-state index >= 15 is 0 Å². The first-order chi connectivity index (χ1) is 7.17. The minimum atomic E-state index is 0.361. The van der Waals surface area contributed by atoms with Crippen LogP contribution in [-0.4, -0.2) is 23.1 Å². The molecule has 0 saturated heterocycles. The average Bonchev–Trinajstić information content (AvgIpc) is 2.17. The van der Waals surface area contributed by atoms with Crippen molar-refractivity contribution in [2.45, 2.75) is 33.6 Å². The molecule has 1 aromatic heterocycles. The lowest BCUT2D eigenvalue weighted by atomic mass is 10.3. The Kier molecular flexibility index (Phi) is 4.34. The van der Waals surface area contributed by atoms with Gasteiger partial charge in [-0.05, 0) is 20.3 Å². The molecule has 0 saturated carbocycles. The van der Waals surface area contributed by atoms with Gasteiger partial charge in [-0.2, -0.15) is 4.98 Å². The fourth-order valence-corrected chi connectivity index (χ4v) is 1.52. The summed E-state index contributed by atoms with van der Waals surface area (Å²) in [5, 5.41) is 0. The van der Waals surface area contributed by atoms with Crippen molar-refractivity contribution in [3.63, 3.8) is 0 Å². The summed E-state index contributed by atoms with van der Waals surface area (Å²) in [6.07, 6.45) is 2.37. The number of hydrogen-bond acceptors (Lipinski definition) is 4. The number of nitrogens with two attached hydrogens (primary N) is 1. The number of hydrogen-bond donors (Lipinski definition) is 1. The summed E-state index contributed by atoms with van der Waals surface area (Å²) in [6.45, 7) is 8.24. The minimum Gasteiger partial charge on any atom is -0.368 e. The quantitative estimate of drug-likeness (QED) is 0.804. The van der Waals surface area contributed by atoms with Crippen molar-refractivity contribution >= 4 is 11.8 Å². The van der Waals surface area contributed by atoms with Gasteiger partial charge in [0.15, 0.2) is 0 Å². The van der Waals surface area contributed by atoms with Gasteiger partial charge in [0, 0.05) is 24.8 Å². The second kappa shape index (κ2) is 5.53. The Morgan fingerprint density at radius 3 is 2.60 bits per heavy atom. The summed E-state index contributed by atoms with van der Waals surface area (Å²) in [4.78, 5) is 10.6. The van der Waals surface area contributed by atoms with E-state index in [4.69, 9.17) is 5.73 Å². The Hall–Kier alpha value is -1.32. The number of rotatable bonds is 5. The molecule has 84 valence electrons. The van der Waals surface area contributed by atoms with Crippen LogP contribution in [0.5, 0.6) is 0 Å². The maximum absolute atomic E-state index is 5.63. The number of aryl methyl sites for hydroxylation is 1. The molecular weight excluding hydrogens is 188 g/mol. The Bertz CT molecular complexity index is 291. The molecule has 1 rings (SSSR count). The van der Waals surface area contributed by atoms with Crippen LogP contribution in [0.2, 0.25) is 0 Å². The highest BCUT2D eigenvalue weighted by Gasteiger charge is 2.06. The van der Waals surface area contributed by atoms with Crippen molar-refractivity contribution in [1.82, 2.24) is 9.97 Å².